The molecule has 0 heterocycles. The Kier molecular flexibility index (Phi) is 3.92. The molecule has 0 aromatic heterocycles. The van der Waals surface area contributed by atoms with Crippen molar-refractivity contribution < 1.29 is 9.53 Å². The summed E-state index contributed by atoms with van der Waals surface area (Å²) in [5.74, 6) is 0.482. The molecule has 98 valence electrons. The summed E-state index contributed by atoms with van der Waals surface area (Å²) in [6.45, 7) is 0. The second kappa shape index (κ2) is 5.63. The highest BCUT2D eigenvalue weighted by Crippen LogP contribution is 2.23. The molecule has 19 heavy (non-hydrogen) atoms. The van der Waals surface area contributed by atoms with Crippen LogP contribution in [0.25, 0.3) is 0 Å². The van der Waals surface area contributed by atoms with Gasteiger partial charge in [-0.05, 0) is 42.5 Å². The molecule has 4 nitrogen and oxygen atoms in total. The number of anilines is 2. The quantitative estimate of drug-likeness (QED) is 0.846. The Morgan fingerprint density at radius 2 is 1.89 bits per heavy atom. The molecule has 0 saturated heterocycles. The Morgan fingerprint density at radius 3 is 2.47 bits per heavy atom. The zero-order chi connectivity index (χ0) is 13.8. The summed E-state index contributed by atoms with van der Waals surface area (Å²) in [7, 11) is 1.57. The molecule has 0 radical (unpaired) electrons. The maximum atomic E-state index is 12.0. The minimum atomic E-state index is -0.219. The van der Waals surface area contributed by atoms with E-state index in [1.165, 1.54) is 0 Å². The smallest absolute Gasteiger partial charge is 0.255 e. The van der Waals surface area contributed by atoms with Gasteiger partial charge >= 0.3 is 0 Å². The van der Waals surface area contributed by atoms with Crippen LogP contribution >= 0.6 is 11.6 Å². The molecule has 3 N–H and O–H groups in total. The number of hydrogen-bond donors (Lipinski definition) is 2. The second-order valence-electron chi connectivity index (χ2n) is 3.92. The van der Waals surface area contributed by atoms with E-state index in [0.29, 0.717) is 27.7 Å². The van der Waals surface area contributed by atoms with Crippen LogP contribution in [0.15, 0.2) is 42.5 Å². The largest absolute Gasteiger partial charge is 0.497 e. The lowest BCUT2D eigenvalue weighted by Gasteiger charge is -2.07. The molecular formula is C14H13ClN2O2. The van der Waals surface area contributed by atoms with E-state index in [2.05, 4.69) is 5.32 Å². The number of methoxy groups -OCH3 is 1. The number of nitrogen functional groups attached to an aromatic ring is 1. The number of carbonyl (C=O) groups is 1. The fourth-order valence-electron chi connectivity index (χ4n) is 1.55. The highest BCUT2D eigenvalue weighted by atomic mass is 35.5. The molecule has 0 spiro atoms. The van der Waals surface area contributed by atoms with Crippen LogP contribution in [-0.4, -0.2) is 13.0 Å². The number of nitrogens with one attached hydrogen (secondary N) is 1. The number of ether oxygens (including phenoxy) is 1. The SMILES string of the molecule is COc1ccc(C(=O)Nc2ccc(N)c(Cl)c2)cc1. The molecule has 0 saturated carbocycles. The Bertz CT molecular complexity index is 597. The van der Waals surface area contributed by atoms with E-state index in [-0.39, 0.29) is 5.91 Å². The maximum absolute atomic E-state index is 12.0. The highest BCUT2D eigenvalue weighted by molar-refractivity contribution is 6.33. The fourth-order valence-corrected chi connectivity index (χ4v) is 1.73. The molecule has 1 amide bonds. The Balaban J connectivity index is 2.13. The van der Waals surface area contributed by atoms with Gasteiger partial charge in [0.15, 0.2) is 0 Å². The molecule has 0 unspecified atom stereocenters. The number of nitrogens with two attached hydrogens (primary N) is 1. The summed E-state index contributed by atoms with van der Waals surface area (Å²) in [5.41, 5.74) is 7.21. The first kappa shape index (κ1) is 13.2. The zero-order valence-corrected chi connectivity index (χ0v) is 11.1. The maximum Gasteiger partial charge on any atom is 0.255 e. The molecule has 0 fully saturated rings. The van der Waals surface area contributed by atoms with Gasteiger partial charge in [0.2, 0.25) is 0 Å². The van der Waals surface area contributed by atoms with Gasteiger partial charge in [0.25, 0.3) is 5.91 Å². The topological polar surface area (TPSA) is 64.3 Å². The molecule has 0 bridgehead atoms. The van der Waals surface area contributed by atoms with E-state index in [1.54, 1.807) is 49.6 Å². The summed E-state index contributed by atoms with van der Waals surface area (Å²) >= 11 is 5.89. The molecule has 0 aliphatic heterocycles. The molecule has 0 atom stereocenters. The lowest BCUT2D eigenvalue weighted by Crippen LogP contribution is -2.11. The highest BCUT2D eigenvalue weighted by Gasteiger charge is 2.07. The number of hydrogen-bond acceptors (Lipinski definition) is 3. The van der Waals surface area contributed by atoms with E-state index >= 15 is 0 Å². The van der Waals surface area contributed by atoms with Crippen molar-refractivity contribution in [1.29, 1.82) is 0 Å². The summed E-state index contributed by atoms with van der Waals surface area (Å²) < 4.78 is 5.03. The van der Waals surface area contributed by atoms with Crippen LogP contribution in [0.1, 0.15) is 10.4 Å². The molecular weight excluding hydrogens is 264 g/mol. The fraction of sp³-hybridized carbons (Fsp3) is 0.0714. The molecule has 2 rings (SSSR count). The minimum absolute atomic E-state index is 0.219. The van der Waals surface area contributed by atoms with Crippen LogP contribution in [0, 0.1) is 0 Å². The van der Waals surface area contributed by atoms with Gasteiger partial charge in [-0.15, -0.1) is 0 Å². The Hall–Kier alpha value is -2.20. The van der Waals surface area contributed by atoms with Crippen molar-refractivity contribution in [2.24, 2.45) is 0 Å². The Morgan fingerprint density at radius 1 is 1.21 bits per heavy atom. The van der Waals surface area contributed by atoms with Crippen molar-refractivity contribution in [2.75, 3.05) is 18.2 Å². The van der Waals surface area contributed by atoms with Gasteiger partial charge in [-0.25, -0.2) is 0 Å². The third-order valence-corrected chi connectivity index (χ3v) is 2.94. The zero-order valence-electron chi connectivity index (χ0n) is 10.3. The Labute approximate surface area is 116 Å². The normalized spacial score (nSPS) is 10.0. The van der Waals surface area contributed by atoms with Crippen molar-refractivity contribution in [1.82, 2.24) is 0 Å². The number of rotatable bonds is 3. The molecule has 2 aromatic carbocycles. The summed E-state index contributed by atoms with van der Waals surface area (Å²) in [6.07, 6.45) is 0. The predicted molar refractivity (Wildman–Crippen MR) is 76.8 cm³/mol. The summed E-state index contributed by atoms with van der Waals surface area (Å²) in [6, 6.07) is 11.8. The van der Waals surface area contributed by atoms with Gasteiger partial charge in [-0.3, -0.25) is 4.79 Å². The second-order valence-corrected chi connectivity index (χ2v) is 4.33. The van der Waals surface area contributed by atoms with Crippen molar-refractivity contribution >= 4 is 28.9 Å². The van der Waals surface area contributed by atoms with E-state index in [0.717, 1.165) is 0 Å². The molecule has 0 aliphatic rings. The van der Waals surface area contributed by atoms with Crippen LogP contribution in [0.5, 0.6) is 5.75 Å². The predicted octanol–water partition coefficient (Wildman–Crippen LogP) is 3.18. The summed E-state index contributed by atoms with van der Waals surface area (Å²) in [4.78, 5) is 12.0. The number of carbonyl (C=O) groups excluding carboxylic acids is 1. The van der Waals surface area contributed by atoms with Gasteiger partial charge in [-0.1, -0.05) is 11.6 Å². The van der Waals surface area contributed by atoms with Crippen LogP contribution < -0.4 is 15.8 Å². The standard InChI is InChI=1S/C14H13ClN2O2/c1-19-11-5-2-9(3-6-11)14(18)17-10-4-7-13(16)12(15)8-10/h2-8H,16H2,1H3,(H,17,18). The van der Waals surface area contributed by atoms with Gasteiger partial charge in [-0.2, -0.15) is 0 Å². The molecule has 0 aliphatic carbocycles. The number of halogens is 1. The van der Waals surface area contributed by atoms with Gasteiger partial charge < -0.3 is 15.8 Å². The van der Waals surface area contributed by atoms with Crippen LogP contribution in [0.3, 0.4) is 0 Å². The van der Waals surface area contributed by atoms with E-state index in [4.69, 9.17) is 22.1 Å². The average Bonchev–Trinajstić information content (AvgIpc) is 2.43. The van der Waals surface area contributed by atoms with Crippen molar-refractivity contribution in [3.8, 4) is 5.75 Å². The number of amides is 1. The lowest BCUT2D eigenvalue weighted by molar-refractivity contribution is 0.102. The lowest BCUT2D eigenvalue weighted by atomic mass is 10.2. The van der Waals surface area contributed by atoms with E-state index in [9.17, 15) is 4.79 Å². The van der Waals surface area contributed by atoms with E-state index < -0.39 is 0 Å². The van der Waals surface area contributed by atoms with Gasteiger partial charge in [0.1, 0.15) is 5.75 Å². The molecule has 5 heteroatoms. The first-order chi connectivity index (χ1) is 9.10. The third-order valence-electron chi connectivity index (χ3n) is 2.61. The number of benzene rings is 2. The minimum Gasteiger partial charge on any atom is -0.497 e. The average molecular weight is 277 g/mol. The van der Waals surface area contributed by atoms with Crippen molar-refractivity contribution in [2.45, 2.75) is 0 Å². The van der Waals surface area contributed by atoms with Crippen LogP contribution in [-0.2, 0) is 0 Å². The van der Waals surface area contributed by atoms with Gasteiger partial charge in [0, 0.05) is 11.3 Å². The van der Waals surface area contributed by atoms with E-state index in [1.807, 2.05) is 0 Å². The summed E-state index contributed by atoms with van der Waals surface area (Å²) in [5, 5.41) is 3.15. The van der Waals surface area contributed by atoms with Crippen LogP contribution in [0.2, 0.25) is 5.02 Å². The first-order valence-corrected chi connectivity index (χ1v) is 5.98. The first-order valence-electron chi connectivity index (χ1n) is 5.60. The third kappa shape index (κ3) is 3.17. The van der Waals surface area contributed by atoms with Crippen LogP contribution in [0.4, 0.5) is 11.4 Å². The van der Waals surface area contributed by atoms with Crippen molar-refractivity contribution in [3.63, 3.8) is 0 Å². The monoisotopic (exact) mass is 276 g/mol. The van der Waals surface area contributed by atoms with Crippen molar-refractivity contribution in [3.05, 3.63) is 53.1 Å². The van der Waals surface area contributed by atoms with Gasteiger partial charge in [0.05, 0.1) is 17.8 Å². The molecule has 2 aromatic rings.